The van der Waals surface area contributed by atoms with Gasteiger partial charge in [-0.1, -0.05) is 12.1 Å². The summed E-state index contributed by atoms with van der Waals surface area (Å²) >= 11 is 0. The molecule has 0 unspecified atom stereocenters. The van der Waals surface area contributed by atoms with Gasteiger partial charge in [-0.3, -0.25) is 4.99 Å². The molecule has 1 saturated heterocycles. The SMILES string of the molecule is CCOc1ccc(CN(C)C(=NC)NCCCCN2CCN(C)CC2)cc1.I. The maximum absolute atomic E-state index is 5.50. The molecule has 6 nitrogen and oxygen atoms in total. The van der Waals surface area contributed by atoms with Gasteiger partial charge in [0.15, 0.2) is 5.96 Å². The number of nitrogens with zero attached hydrogens (tertiary/aromatic N) is 4. The number of unbranched alkanes of at least 4 members (excludes halogenated alkanes) is 1. The number of ether oxygens (including phenoxy) is 1. The van der Waals surface area contributed by atoms with E-state index in [1.165, 1.54) is 51.1 Å². The van der Waals surface area contributed by atoms with Crippen molar-refractivity contribution in [3.8, 4) is 5.75 Å². The summed E-state index contributed by atoms with van der Waals surface area (Å²) in [6, 6.07) is 8.29. The van der Waals surface area contributed by atoms with Crippen molar-refractivity contribution < 1.29 is 4.74 Å². The number of benzene rings is 1. The second-order valence-electron chi connectivity index (χ2n) is 7.26. The molecule has 7 heteroatoms. The van der Waals surface area contributed by atoms with Crippen LogP contribution in [-0.4, -0.2) is 87.7 Å². The summed E-state index contributed by atoms with van der Waals surface area (Å²) in [5.41, 5.74) is 1.25. The van der Waals surface area contributed by atoms with E-state index in [0.29, 0.717) is 6.61 Å². The lowest BCUT2D eigenvalue weighted by molar-refractivity contribution is 0.152. The average molecular weight is 503 g/mol. The Morgan fingerprint density at radius 3 is 2.43 bits per heavy atom. The normalized spacial score (nSPS) is 15.8. The average Bonchev–Trinajstić information content (AvgIpc) is 2.68. The molecule has 1 aliphatic rings. The fourth-order valence-electron chi connectivity index (χ4n) is 3.32. The Kier molecular flexibility index (Phi) is 12.5. The maximum Gasteiger partial charge on any atom is 0.193 e. The molecule has 28 heavy (non-hydrogen) atoms. The zero-order valence-electron chi connectivity index (χ0n) is 18.0. The molecule has 1 aromatic carbocycles. The van der Waals surface area contributed by atoms with Crippen molar-refractivity contribution in [2.24, 2.45) is 4.99 Å². The Morgan fingerprint density at radius 2 is 1.82 bits per heavy atom. The van der Waals surface area contributed by atoms with Crippen LogP contribution in [0.2, 0.25) is 0 Å². The van der Waals surface area contributed by atoms with Crippen LogP contribution in [0.15, 0.2) is 29.3 Å². The number of guanidine groups is 1. The molecule has 1 N–H and O–H groups in total. The molecular formula is C21H38IN5O. The van der Waals surface area contributed by atoms with Crippen molar-refractivity contribution in [2.45, 2.75) is 26.3 Å². The molecule has 1 aliphatic heterocycles. The smallest absolute Gasteiger partial charge is 0.193 e. The van der Waals surface area contributed by atoms with Gasteiger partial charge >= 0.3 is 0 Å². The van der Waals surface area contributed by atoms with Crippen LogP contribution in [0.4, 0.5) is 0 Å². The van der Waals surface area contributed by atoms with Gasteiger partial charge in [-0.2, -0.15) is 0 Å². The van der Waals surface area contributed by atoms with Crippen LogP contribution in [-0.2, 0) is 6.54 Å². The van der Waals surface area contributed by atoms with Crippen LogP contribution in [0.5, 0.6) is 5.75 Å². The molecule has 1 fully saturated rings. The van der Waals surface area contributed by atoms with Gasteiger partial charge in [-0.15, -0.1) is 24.0 Å². The molecule has 0 atom stereocenters. The van der Waals surface area contributed by atoms with Gasteiger partial charge in [0, 0.05) is 53.4 Å². The third kappa shape index (κ3) is 8.96. The van der Waals surface area contributed by atoms with Gasteiger partial charge in [0.05, 0.1) is 6.61 Å². The van der Waals surface area contributed by atoms with Gasteiger partial charge in [0.2, 0.25) is 0 Å². The number of aliphatic imine (C=N–C) groups is 1. The first-order valence-corrected chi connectivity index (χ1v) is 10.2. The number of rotatable bonds is 9. The maximum atomic E-state index is 5.50. The molecule has 0 bridgehead atoms. The number of piperazine rings is 1. The summed E-state index contributed by atoms with van der Waals surface area (Å²) in [5, 5.41) is 3.49. The largest absolute Gasteiger partial charge is 0.494 e. The predicted molar refractivity (Wildman–Crippen MR) is 129 cm³/mol. The molecule has 0 aromatic heterocycles. The standard InChI is InChI=1S/C21H37N5O.HI/c1-5-27-20-10-8-19(9-11-20)18-25(4)21(22-2)23-12-6-7-13-26-16-14-24(3)15-17-26;/h8-11H,5-7,12-18H2,1-4H3,(H,22,23);1H. The fourth-order valence-corrected chi connectivity index (χ4v) is 3.32. The van der Waals surface area contributed by atoms with E-state index in [4.69, 9.17) is 4.74 Å². The predicted octanol–water partition coefficient (Wildman–Crippen LogP) is 2.74. The summed E-state index contributed by atoms with van der Waals surface area (Å²) in [7, 11) is 6.13. The molecule has 2 rings (SSSR count). The van der Waals surface area contributed by atoms with Gasteiger partial charge in [-0.05, 0) is 51.1 Å². The first-order valence-electron chi connectivity index (χ1n) is 10.2. The van der Waals surface area contributed by atoms with Crippen molar-refractivity contribution in [3.63, 3.8) is 0 Å². The molecule has 0 amide bonds. The molecule has 0 aliphatic carbocycles. The van der Waals surface area contributed by atoms with Crippen molar-refractivity contribution >= 4 is 29.9 Å². The Balaban J connectivity index is 0.00000392. The minimum atomic E-state index is 0. The lowest BCUT2D eigenvalue weighted by Gasteiger charge is -2.32. The van der Waals surface area contributed by atoms with E-state index in [1.54, 1.807) is 0 Å². The number of likely N-dealkylation sites (N-methyl/N-ethyl adjacent to an activating group) is 1. The molecule has 160 valence electrons. The highest BCUT2D eigenvalue weighted by Crippen LogP contribution is 2.13. The second-order valence-corrected chi connectivity index (χ2v) is 7.26. The van der Waals surface area contributed by atoms with Gasteiger partial charge in [0.25, 0.3) is 0 Å². The van der Waals surface area contributed by atoms with Crippen LogP contribution >= 0.6 is 24.0 Å². The lowest BCUT2D eigenvalue weighted by Crippen LogP contribution is -2.44. The first kappa shape index (κ1) is 25.0. The summed E-state index contributed by atoms with van der Waals surface area (Å²) in [4.78, 5) is 11.6. The Hall–Kier alpha value is -1.06. The van der Waals surface area contributed by atoms with Crippen LogP contribution in [0.3, 0.4) is 0 Å². The van der Waals surface area contributed by atoms with E-state index in [1.807, 2.05) is 26.1 Å². The van der Waals surface area contributed by atoms with E-state index >= 15 is 0 Å². The van der Waals surface area contributed by atoms with E-state index in [9.17, 15) is 0 Å². The van der Waals surface area contributed by atoms with E-state index < -0.39 is 0 Å². The lowest BCUT2D eigenvalue weighted by atomic mass is 10.2. The Bertz CT molecular complexity index is 558. The van der Waals surface area contributed by atoms with Crippen LogP contribution in [0.1, 0.15) is 25.3 Å². The highest BCUT2D eigenvalue weighted by molar-refractivity contribution is 14.0. The molecule has 0 radical (unpaired) electrons. The first-order chi connectivity index (χ1) is 13.1. The molecular weight excluding hydrogens is 465 g/mol. The van der Waals surface area contributed by atoms with Crippen molar-refractivity contribution in [2.75, 3.05) is 67.0 Å². The molecule has 1 aromatic rings. The zero-order valence-corrected chi connectivity index (χ0v) is 20.3. The second kappa shape index (κ2) is 14.0. The Labute approximate surface area is 188 Å². The fraction of sp³-hybridized carbons (Fsp3) is 0.667. The van der Waals surface area contributed by atoms with Gasteiger partial charge < -0.3 is 24.8 Å². The number of nitrogens with one attached hydrogen (secondary N) is 1. The number of halogens is 1. The summed E-state index contributed by atoms with van der Waals surface area (Å²) in [5.74, 6) is 1.87. The Morgan fingerprint density at radius 1 is 1.14 bits per heavy atom. The number of hydrogen-bond donors (Lipinski definition) is 1. The van der Waals surface area contributed by atoms with E-state index in [2.05, 4.69) is 51.2 Å². The monoisotopic (exact) mass is 503 g/mol. The topological polar surface area (TPSA) is 43.3 Å². The van der Waals surface area contributed by atoms with Crippen LogP contribution < -0.4 is 10.1 Å². The van der Waals surface area contributed by atoms with Crippen molar-refractivity contribution in [3.05, 3.63) is 29.8 Å². The highest BCUT2D eigenvalue weighted by atomic mass is 127. The third-order valence-electron chi connectivity index (χ3n) is 5.01. The zero-order chi connectivity index (χ0) is 19.5. The van der Waals surface area contributed by atoms with E-state index in [-0.39, 0.29) is 24.0 Å². The molecule has 0 saturated carbocycles. The van der Waals surface area contributed by atoms with Crippen molar-refractivity contribution in [1.29, 1.82) is 0 Å². The quantitative estimate of drug-likeness (QED) is 0.243. The third-order valence-corrected chi connectivity index (χ3v) is 5.01. The number of hydrogen-bond acceptors (Lipinski definition) is 4. The molecule has 1 heterocycles. The van der Waals surface area contributed by atoms with Gasteiger partial charge in [-0.25, -0.2) is 0 Å². The summed E-state index contributed by atoms with van der Waals surface area (Å²) in [6.07, 6.45) is 2.40. The van der Waals surface area contributed by atoms with Gasteiger partial charge in [0.1, 0.15) is 5.75 Å². The van der Waals surface area contributed by atoms with Crippen molar-refractivity contribution in [1.82, 2.24) is 20.0 Å². The minimum Gasteiger partial charge on any atom is -0.494 e. The van der Waals surface area contributed by atoms with E-state index in [0.717, 1.165) is 24.8 Å². The van der Waals surface area contributed by atoms with Crippen LogP contribution in [0, 0.1) is 0 Å². The minimum absolute atomic E-state index is 0. The summed E-state index contributed by atoms with van der Waals surface area (Å²) in [6.45, 7) is 10.5. The highest BCUT2D eigenvalue weighted by Gasteiger charge is 2.13. The van der Waals surface area contributed by atoms with Crippen LogP contribution in [0.25, 0.3) is 0 Å². The molecule has 0 spiro atoms. The summed E-state index contributed by atoms with van der Waals surface area (Å²) < 4.78 is 5.50.